The summed E-state index contributed by atoms with van der Waals surface area (Å²) in [7, 11) is 0. The summed E-state index contributed by atoms with van der Waals surface area (Å²) >= 11 is 0. The molecule has 8 heteroatoms. The Bertz CT molecular complexity index is 879. The van der Waals surface area contributed by atoms with Crippen molar-refractivity contribution < 1.29 is 19.7 Å². The lowest BCUT2D eigenvalue weighted by Crippen LogP contribution is -2.53. The normalized spacial score (nSPS) is 11.2. The highest BCUT2D eigenvalue weighted by Crippen LogP contribution is 2.21. The Kier molecular flexibility index (Phi) is 6.36. The minimum atomic E-state index is -1.48. The van der Waals surface area contributed by atoms with Crippen LogP contribution in [0.1, 0.15) is 16.8 Å². The molecule has 2 aromatic carbocycles. The summed E-state index contributed by atoms with van der Waals surface area (Å²) in [5.74, 6) is 0. The van der Waals surface area contributed by atoms with Gasteiger partial charge in [0.1, 0.15) is 12.1 Å². The number of hydrogen-bond donors (Lipinski definition) is 3. The third-order valence-corrected chi connectivity index (χ3v) is 4.38. The molecule has 0 aliphatic rings. The highest BCUT2D eigenvalue weighted by atomic mass is 16.5. The molecule has 28 heavy (non-hydrogen) atoms. The third-order valence-electron chi connectivity index (χ3n) is 4.38. The van der Waals surface area contributed by atoms with Crippen molar-refractivity contribution in [3.8, 4) is 0 Å². The van der Waals surface area contributed by atoms with Crippen molar-refractivity contribution in [1.29, 1.82) is 0 Å². The second kappa shape index (κ2) is 9.12. The number of ether oxygens (including phenoxy) is 1. The highest BCUT2D eigenvalue weighted by Gasteiger charge is 2.37. The van der Waals surface area contributed by atoms with Crippen LogP contribution in [-0.4, -0.2) is 44.5 Å². The van der Waals surface area contributed by atoms with Crippen LogP contribution < -0.4 is 5.32 Å². The van der Waals surface area contributed by atoms with Gasteiger partial charge in [0.05, 0.1) is 31.6 Å². The predicted molar refractivity (Wildman–Crippen MR) is 101 cm³/mol. The van der Waals surface area contributed by atoms with E-state index in [9.17, 15) is 15.0 Å². The van der Waals surface area contributed by atoms with Gasteiger partial charge in [0, 0.05) is 0 Å². The Morgan fingerprint density at radius 1 is 1.00 bits per heavy atom. The van der Waals surface area contributed by atoms with Crippen LogP contribution >= 0.6 is 0 Å². The van der Waals surface area contributed by atoms with Crippen molar-refractivity contribution in [1.82, 2.24) is 20.3 Å². The molecular formula is C20H22N4O4. The van der Waals surface area contributed by atoms with Gasteiger partial charge < -0.3 is 20.3 Å². The molecule has 3 aromatic rings. The third kappa shape index (κ3) is 4.54. The number of amides is 1. The summed E-state index contributed by atoms with van der Waals surface area (Å²) in [5.41, 5.74) is 0.683. The molecule has 3 rings (SSSR count). The monoisotopic (exact) mass is 382 g/mol. The van der Waals surface area contributed by atoms with Gasteiger partial charge in [0.2, 0.25) is 0 Å². The van der Waals surface area contributed by atoms with Crippen LogP contribution in [0.5, 0.6) is 0 Å². The minimum absolute atomic E-state index is 0.0706. The number of aliphatic hydroxyl groups is 2. The summed E-state index contributed by atoms with van der Waals surface area (Å²) in [6.45, 7) is -0.655. The minimum Gasteiger partial charge on any atom is -0.445 e. The molecule has 0 bridgehead atoms. The van der Waals surface area contributed by atoms with E-state index in [4.69, 9.17) is 4.74 Å². The summed E-state index contributed by atoms with van der Waals surface area (Å²) in [6.07, 6.45) is 0.645. The largest absolute Gasteiger partial charge is 0.445 e. The molecule has 0 saturated carbocycles. The van der Waals surface area contributed by atoms with Gasteiger partial charge in [-0.1, -0.05) is 65.9 Å². The van der Waals surface area contributed by atoms with E-state index in [0.717, 1.165) is 11.1 Å². The number of alkyl carbamates (subject to hydrolysis) is 1. The van der Waals surface area contributed by atoms with E-state index in [0.29, 0.717) is 12.2 Å². The zero-order chi connectivity index (χ0) is 19.8. The maximum absolute atomic E-state index is 12.3. The van der Waals surface area contributed by atoms with Gasteiger partial charge in [-0.05, 0) is 11.1 Å². The first-order chi connectivity index (χ1) is 13.7. The van der Waals surface area contributed by atoms with Crippen LogP contribution in [0.25, 0.3) is 0 Å². The molecule has 1 heterocycles. The van der Waals surface area contributed by atoms with Gasteiger partial charge in [-0.25, -0.2) is 9.48 Å². The van der Waals surface area contributed by atoms with Gasteiger partial charge in [-0.3, -0.25) is 0 Å². The lowest BCUT2D eigenvalue weighted by Gasteiger charge is -2.30. The number of nitrogens with one attached hydrogen (secondary N) is 1. The molecule has 0 atom stereocenters. The number of hydrogen-bond acceptors (Lipinski definition) is 6. The fourth-order valence-corrected chi connectivity index (χ4v) is 2.81. The predicted octanol–water partition coefficient (Wildman–Crippen LogP) is 1.43. The number of aliphatic hydroxyl groups excluding tert-OH is 2. The van der Waals surface area contributed by atoms with Crippen LogP contribution in [-0.2, 0) is 23.4 Å². The van der Waals surface area contributed by atoms with E-state index in [2.05, 4.69) is 15.6 Å². The zero-order valence-corrected chi connectivity index (χ0v) is 15.2. The molecular weight excluding hydrogens is 360 g/mol. The van der Waals surface area contributed by atoms with E-state index in [1.165, 1.54) is 10.9 Å². The average Bonchev–Trinajstić information content (AvgIpc) is 3.21. The van der Waals surface area contributed by atoms with Gasteiger partial charge in [-0.2, -0.15) is 0 Å². The van der Waals surface area contributed by atoms with Crippen molar-refractivity contribution in [2.75, 3.05) is 13.2 Å². The summed E-state index contributed by atoms with van der Waals surface area (Å²) < 4.78 is 6.75. The van der Waals surface area contributed by atoms with Gasteiger partial charge in [0.15, 0.2) is 0 Å². The maximum atomic E-state index is 12.3. The Morgan fingerprint density at radius 2 is 1.61 bits per heavy atom. The number of carbonyl (C=O) groups is 1. The Morgan fingerprint density at radius 3 is 2.21 bits per heavy atom. The molecule has 3 N–H and O–H groups in total. The van der Waals surface area contributed by atoms with Crippen LogP contribution in [0.2, 0.25) is 0 Å². The number of carbonyl (C=O) groups excluding carboxylic acids is 1. The number of rotatable bonds is 8. The van der Waals surface area contributed by atoms with Gasteiger partial charge >= 0.3 is 6.09 Å². The number of aromatic nitrogens is 3. The Labute approximate surface area is 162 Å². The SMILES string of the molecule is O=C(NC(CO)(CO)c1cnnn1Cc1ccccc1)OCc1ccccc1. The van der Waals surface area contributed by atoms with Crippen LogP contribution in [0.4, 0.5) is 4.79 Å². The van der Waals surface area contributed by atoms with E-state index in [-0.39, 0.29) is 6.61 Å². The van der Waals surface area contributed by atoms with E-state index in [1.54, 1.807) is 0 Å². The summed E-state index contributed by atoms with van der Waals surface area (Å²) in [6, 6.07) is 18.8. The molecule has 0 aliphatic heterocycles. The standard InChI is InChI=1S/C20H22N4O4/c25-14-20(15-26,22-19(27)28-13-17-9-5-2-6-10-17)18-11-21-23-24(18)12-16-7-3-1-4-8-16/h1-11,25-26H,12-15H2,(H,22,27). The topological polar surface area (TPSA) is 110 Å². The first-order valence-electron chi connectivity index (χ1n) is 8.80. The summed E-state index contributed by atoms with van der Waals surface area (Å²) in [5, 5.41) is 30.4. The first-order valence-corrected chi connectivity index (χ1v) is 8.80. The summed E-state index contributed by atoms with van der Waals surface area (Å²) in [4.78, 5) is 12.3. The zero-order valence-electron chi connectivity index (χ0n) is 15.2. The quantitative estimate of drug-likeness (QED) is 0.544. The highest BCUT2D eigenvalue weighted by molar-refractivity contribution is 5.68. The van der Waals surface area contributed by atoms with Crippen molar-refractivity contribution in [3.05, 3.63) is 83.7 Å². The molecule has 1 amide bonds. The lowest BCUT2D eigenvalue weighted by atomic mass is 9.97. The fourth-order valence-electron chi connectivity index (χ4n) is 2.81. The Hall–Kier alpha value is -3.23. The van der Waals surface area contributed by atoms with Crippen molar-refractivity contribution in [2.45, 2.75) is 18.7 Å². The molecule has 8 nitrogen and oxygen atoms in total. The van der Waals surface area contributed by atoms with Crippen LogP contribution in [0.3, 0.4) is 0 Å². The second-order valence-electron chi connectivity index (χ2n) is 6.35. The molecule has 0 saturated heterocycles. The number of benzene rings is 2. The van der Waals surface area contributed by atoms with E-state index >= 15 is 0 Å². The molecule has 0 spiro atoms. The van der Waals surface area contributed by atoms with E-state index in [1.807, 2.05) is 60.7 Å². The van der Waals surface area contributed by atoms with Crippen LogP contribution in [0, 0.1) is 0 Å². The molecule has 1 aromatic heterocycles. The molecule has 0 aliphatic carbocycles. The van der Waals surface area contributed by atoms with Crippen molar-refractivity contribution >= 4 is 6.09 Å². The molecule has 0 fully saturated rings. The lowest BCUT2D eigenvalue weighted by molar-refractivity contribution is 0.0663. The molecule has 146 valence electrons. The van der Waals surface area contributed by atoms with Gasteiger partial charge in [0.25, 0.3) is 0 Å². The van der Waals surface area contributed by atoms with Crippen LogP contribution in [0.15, 0.2) is 66.9 Å². The molecule has 0 unspecified atom stereocenters. The number of nitrogens with zero attached hydrogens (tertiary/aromatic N) is 3. The van der Waals surface area contributed by atoms with Crippen molar-refractivity contribution in [2.24, 2.45) is 0 Å². The fraction of sp³-hybridized carbons (Fsp3) is 0.250. The average molecular weight is 382 g/mol. The first kappa shape index (κ1) is 19.5. The molecule has 0 radical (unpaired) electrons. The second-order valence-corrected chi connectivity index (χ2v) is 6.35. The van der Waals surface area contributed by atoms with E-state index < -0.39 is 24.8 Å². The van der Waals surface area contributed by atoms with Gasteiger partial charge in [-0.15, -0.1) is 5.10 Å². The smallest absolute Gasteiger partial charge is 0.408 e. The van der Waals surface area contributed by atoms with Crippen molar-refractivity contribution in [3.63, 3.8) is 0 Å². The Balaban J connectivity index is 1.75. The maximum Gasteiger partial charge on any atom is 0.408 e.